The minimum absolute atomic E-state index is 0.0155. The van der Waals surface area contributed by atoms with Crippen LogP contribution in [0, 0.1) is 0 Å². The van der Waals surface area contributed by atoms with Gasteiger partial charge in [0, 0.05) is 18.7 Å². The van der Waals surface area contributed by atoms with Crippen LogP contribution in [-0.4, -0.2) is 43.6 Å². The maximum Gasteiger partial charge on any atom is 0.246 e. The third-order valence-electron chi connectivity index (χ3n) is 5.72. The van der Waals surface area contributed by atoms with Crippen LogP contribution in [0.3, 0.4) is 0 Å². The molecule has 2 aromatic heterocycles. The van der Waals surface area contributed by atoms with Crippen LogP contribution < -0.4 is 10.5 Å². The van der Waals surface area contributed by atoms with Crippen LogP contribution in [0.1, 0.15) is 25.8 Å². The molecule has 1 amide bonds. The first-order chi connectivity index (χ1) is 16.5. The van der Waals surface area contributed by atoms with Gasteiger partial charge in [-0.25, -0.2) is 14.6 Å². The zero-order valence-corrected chi connectivity index (χ0v) is 19.2. The highest BCUT2D eigenvalue weighted by molar-refractivity contribution is 5.98. The Hall–Kier alpha value is -4.20. The summed E-state index contributed by atoms with van der Waals surface area (Å²) in [7, 11) is 0. The van der Waals surface area contributed by atoms with Gasteiger partial charge in [0.1, 0.15) is 29.3 Å². The molecule has 1 fully saturated rings. The normalized spacial score (nSPS) is 16.7. The predicted molar refractivity (Wildman–Crippen MR) is 134 cm³/mol. The summed E-state index contributed by atoms with van der Waals surface area (Å²) in [5.74, 6) is 1.67. The van der Waals surface area contributed by atoms with Crippen molar-refractivity contribution in [1.29, 1.82) is 0 Å². The smallest absolute Gasteiger partial charge is 0.246 e. The van der Waals surface area contributed by atoms with Crippen LogP contribution in [-0.2, 0) is 4.79 Å². The number of nitrogens with two attached hydrogens (primary N) is 1. The van der Waals surface area contributed by atoms with Crippen molar-refractivity contribution in [3.63, 3.8) is 0 Å². The summed E-state index contributed by atoms with van der Waals surface area (Å²) in [5, 5.41) is 5.61. The van der Waals surface area contributed by atoms with Gasteiger partial charge >= 0.3 is 0 Å². The fourth-order valence-corrected chi connectivity index (χ4v) is 4.16. The number of carbonyl (C=O) groups excluding carboxylic acids is 1. The summed E-state index contributed by atoms with van der Waals surface area (Å²) in [6, 6.07) is 7.61. The van der Waals surface area contributed by atoms with Gasteiger partial charge in [-0.05, 0) is 62.3 Å². The Morgan fingerprint density at radius 2 is 2.03 bits per heavy atom. The SMILES string of the molecule is C=C/C=C(\C=C/C)Oc1ccc(-c2nn([C@@H]3CCCN(C(=O)C=C)C3)c3ncnc(N)c23)cc1. The molecule has 4 rings (SSSR count). The fraction of sp³-hybridized carbons (Fsp3) is 0.231. The van der Waals surface area contributed by atoms with Gasteiger partial charge in [-0.15, -0.1) is 0 Å². The number of nitrogen functional groups attached to an aromatic ring is 1. The van der Waals surface area contributed by atoms with Crippen LogP contribution >= 0.6 is 0 Å². The van der Waals surface area contributed by atoms with E-state index in [4.69, 9.17) is 15.6 Å². The Bertz CT molecular complexity index is 1270. The monoisotopic (exact) mass is 456 g/mol. The highest BCUT2D eigenvalue weighted by Crippen LogP contribution is 2.34. The highest BCUT2D eigenvalue weighted by Gasteiger charge is 2.28. The lowest BCUT2D eigenvalue weighted by Crippen LogP contribution is -2.40. The summed E-state index contributed by atoms with van der Waals surface area (Å²) in [6.45, 7) is 10.5. The summed E-state index contributed by atoms with van der Waals surface area (Å²) in [4.78, 5) is 22.7. The van der Waals surface area contributed by atoms with E-state index in [1.54, 1.807) is 17.1 Å². The number of hydrogen-bond donors (Lipinski definition) is 1. The summed E-state index contributed by atoms with van der Waals surface area (Å²) in [5.41, 5.74) is 8.49. The lowest BCUT2D eigenvalue weighted by Gasteiger charge is -2.32. The molecule has 8 heteroatoms. The molecule has 3 aromatic rings. The van der Waals surface area contributed by atoms with E-state index in [0.29, 0.717) is 47.1 Å². The third-order valence-corrected chi connectivity index (χ3v) is 5.72. The molecule has 1 saturated heterocycles. The summed E-state index contributed by atoms with van der Waals surface area (Å²) < 4.78 is 7.81. The van der Waals surface area contributed by atoms with Crippen LogP contribution in [0.2, 0.25) is 0 Å². The number of hydrogen-bond acceptors (Lipinski definition) is 6. The van der Waals surface area contributed by atoms with E-state index in [0.717, 1.165) is 18.4 Å². The number of likely N-dealkylation sites (tertiary alicyclic amines) is 1. The zero-order chi connectivity index (χ0) is 24.1. The number of rotatable bonds is 7. The number of anilines is 1. The van der Waals surface area contributed by atoms with Crippen LogP contribution in [0.15, 0.2) is 79.9 Å². The second kappa shape index (κ2) is 10.2. The molecule has 1 atom stereocenters. The molecule has 1 aliphatic rings. The first-order valence-corrected chi connectivity index (χ1v) is 11.2. The van der Waals surface area contributed by atoms with Crippen molar-refractivity contribution < 1.29 is 9.53 Å². The zero-order valence-electron chi connectivity index (χ0n) is 19.2. The highest BCUT2D eigenvalue weighted by atomic mass is 16.5. The number of fused-ring (bicyclic) bond motifs is 1. The Morgan fingerprint density at radius 3 is 2.74 bits per heavy atom. The standard InChI is InChI=1S/C26H28N6O2/c1-4-8-20(9-5-2)34-21-13-11-18(12-14-21)24-23-25(27)28-17-29-26(23)32(30-24)19-10-7-15-31(16-19)22(33)6-3/h4-6,8-9,11-14,17,19H,1,3,7,10,15-16H2,2H3,(H2,27,28,29)/b9-5-,20-8+/t19-/m1/s1. The van der Waals surface area contributed by atoms with Crippen LogP contribution in [0.4, 0.5) is 5.82 Å². The number of ether oxygens (including phenoxy) is 1. The van der Waals surface area contributed by atoms with Gasteiger partial charge in [0.2, 0.25) is 5.91 Å². The Morgan fingerprint density at radius 1 is 1.24 bits per heavy atom. The van der Waals surface area contributed by atoms with E-state index in [2.05, 4.69) is 23.1 Å². The van der Waals surface area contributed by atoms with Gasteiger partial charge in [-0.3, -0.25) is 4.79 Å². The number of aromatic nitrogens is 4. The van der Waals surface area contributed by atoms with Gasteiger partial charge < -0.3 is 15.4 Å². The van der Waals surface area contributed by atoms with Crippen molar-refractivity contribution in [2.75, 3.05) is 18.8 Å². The van der Waals surface area contributed by atoms with Gasteiger partial charge in [0.25, 0.3) is 0 Å². The molecule has 0 saturated carbocycles. The lowest BCUT2D eigenvalue weighted by molar-refractivity contribution is -0.127. The number of allylic oxidation sites excluding steroid dienone is 4. The molecule has 1 aromatic carbocycles. The Kier molecular flexibility index (Phi) is 6.87. The number of benzene rings is 1. The first-order valence-electron chi connectivity index (χ1n) is 11.2. The molecule has 0 unspecified atom stereocenters. The minimum atomic E-state index is -0.0751. The summed E-state index contributed by atoms with van der Waals surface area (Å²) >= 11 is 0. The van der Waals surface area contributed by atoms with Crippen molar-refractivity contribution in [2.24, 2.45) is 0 Å². The second-order valence-corrected chi connectivity index (χ2v) is 7.97. The lowest BCUT2D eigenvalue weighted by atomic mass is 10.1. The van der Waals surface area contributed by atoms with Gasteiger partial charge in [0.15, 0.2) is 5.65 Å². The largest absolute Gasteiger partial charge is 0.457 e. The van der Waals surface area contributed by atoms with E-state index >= 15 is 0 Å². The van der Waals surface area contributed by atoms with Crippen molar-refractivity contribution in [3.05, 3.63) is 79.9 Å². The average molecular weight is 457 g/mol. The number of piperidine rings is 1. The van der Waals surface area contributed by atoms with E-state index in [9.17, 15) is 4.79 Å². The van der Waals surface area contributed by atoms with E-state index < -0.39 is 0 Å². The molecule has 8 nitrogen and oxygen atoms in total. The van der Waals surface area contributed by atoms with Crippen molar-refractivity contribution in [2.45, 2.75) is 25.8 Å². The van der Waals surface area contributed by atoms with Crippen LogP contribution in [0.25, 0.3) is 22.3 Å². The van der Waals surface area contributed by atoms with Gasteiger partial charge in [0.05, 0.1) is 11.4 Å². The molecular weight excluding hydrogens is 428 g/mol. The number of amides is 1. The van der Waals surface area contributed by atoms with E-state index in [1.165, 1.54) is 12.4 Å². The molecule has 0 bridgehead atoms. The predicted octanol–water partition coefficient (Wildman–Crippen LogP) is 4.45. The molecule has 1 aliphatic heterocycles. The Labute approximate surface area is 198 Å². The third kappa shape index (κ3) is 4.61. The topological polar surface area (TPSA) is 99.2 Å². The molecule has 34 heavy (non-hydrogen) atoms. The number of carbonyl (C=O) groups is 1. The molecule has 0 spiro atoms. The fourth-order valence-electron chi connectivity index (χ4n) is 4.16. The molecule has 3 heterocycles. The van der Waals surface area contributed by atoms with Crippen molar-refractivity contribution >= 4 is 22.8 Å². The molecule has 174 valence electrons. The Balaban J connectivity index is 1.70. The number of nitrogens with zero attached hydrogens (tertiary/aromatic N) is 5. The minimum Gasteiger partial charge on any atom is -0.457 e. The van der Waals surface area contributed by atoms with Crippen molar-refractivity contribution in [1.82, 2.24) is 24.6 Å². The van der Waals surface area contributed by atoms with E-state index in [-0.39, 0.29) is 11.9 Å². The molecule has 0 radical (unpaired) electrons. The maximum atomic E-state index is 12.2. The van der Waals surface area contributed by atoms with Crippen LogP contribution in [0.5, 0.6) is 5.75 Å². The molecule has 0 aliphatic carbocycles. The average Bonchev–Trinajstić information content (AvgIpc) is 3.25. The van der Waals surface area contributed by atoms with Gasteiger partial charge in [-0.2, -0.15) is 5.10 Å². The molecule has 2 N–H and O–H groups in total. The second-order valence-electron chi connectivity index (χ2n) is 7.97. The summed E-state index contributed by atoms with van der Waals surface area (Å²) in [6.07, 6.45) is 11.8. The maximum absolute atomic E-state index is 12.2. The first kappa shape index (κ1) is 23.0. The van der Waals surface area contributed by atoms with E-state index in [1.807, 2.05) is 48.0 Å². The van der Waals surface area contributed by atoms with Crippen molar-refractivity contribution in [3.8, 4) is 17.0 Å². The molecular formula is C26H28N6O2. The quantitative estimate of drug-likeness (QED) is 0.320. The van der Waals surface area contributed by atoms with Gasteiger partial charge in [-0.1, -0.05) is 25.3 Å².